The molecular weight excluding hydrogens is 460 g/mol. The molecule has 7 nitrogen and oxygen atoms in total. The molecule has 1 saturated carbocycles. The number of fused-ring (bicyclic) bond motifs is 4. The Morgan fingerprint density at radius 2 is 1.83 bits per heavy atom. The van der Waals surface area contributed by atoms with Crippen LogP contribution in [0.3, 0.4) is 0 Å². The van der Waals surface area contributed by atoms with Crippen molar-refractivity contribution in [2.45, 2.75) is 51.1 Å². The molecule has 2 aromatic carbocycles. The topological polar surface area (TPSA) is 78.0 Å². The number of aromatic nitrogens is 5. The molecule has 0 radical (unpaired) electrons. The highest BCUT2D eigenvalue weighted by Gasteiger charge is 2.51. The highest BCUT2D eigenvalue weighted by Crippen LogP contribution is 2.51. The van der Waals surface area contributed by atoms with Crippen molar-refractivity contribution >= 4 is 23.6 Å². The molecule has 1 aliphatic heterocycles. The molecule has 0 amide bonds. The number of aryl methyl sites for hydroxylation is 2. The Balaban J connectivity index is 1.46. The van der Waals surface area contributed by atoms with Crippen LogP contribution in [0.5, 0.6) is 0 Å². The van der Waals surface area contributed by atoms with Crippen molar-refractivity contribution in [1.82, 2.24) is 24.5 Å². The van der Waals surface area contributed by atoms with Gasteiger partial charge < -0.3 is 4.79 Å². The summed E-state index contributed by atoms with van der Waals surface area (Å²) in [5.74, 6) is 1.77. The lowest BCUT2D eigenvalue weighted by molar-refractivity contribution is -0.107. The fraction of sp³-hybridized carbons (Fsp3) is 0.296. The highest BCUT2D eigenvalue weighted by molar-refractivity contribution is 6.30. The van der Waals surface area contributed by atoms with Crippen molar-refractivity contribution in [2.75, 3.05) is 0 Å². The molecule has 35 heavy (non-hydrogen) atoms. The fourth-order valence-corrected chi connectivity index (χ4v) is 4.92. The summed E-state index contributed by atoms with van der Waals surface area (Å²) >= 11 is 6.20. The van der Waals surface area contributed by atoms with E-state index in [-0.39, 0.29) is 5.54 Å². The average molecular weight is 485 g/mol. The van der Waals surface area contributed by atoms with Crippen LogP contribution in [-0.4, -0.2) is 36.5 Å². The van der Waals surface area contributed by atoms with Crippen molar-refractivity contribution in [2.24, 2.45) is 4.99 Å². The second-order valence-electron chi connectivity index (χ2n) is 9.29. The summed E-state index contributed by atoms with van der Waals surface area (Å²) in [5, 5.41) is 14.2. The first kappa shape index (κ1) is 21.9. The fourth-order valence-electron chi connectivity index (χ4n) is 4.79. The van der Waals surface area contributed by atoms with Gasteiger partial charge in [0.05, 0.1) is 17.6 Å². The first-order chi connectivity index (χ1) is 17.1. The third kappa shape index (κ3) is 3.90. The summed E-state index contributed by atoms with van der Waals surface area (Å²) in [6, 6.07) is 14.3. The van der Waals surface area contributed by atoms with Crippen LogP contribution in [0.2, 0.25) is 5.02 Å². The molecular formula is C27H25ClN6O. The zero-order valence-electron chi connectivity index (χ0n) is 19.5. The van der Waals surface area contributed by atoms with E-state index in [0.29, 0.717) is 11.4 Å². The molecule has 0 unspecified atom stereocenters. The number of aliphatic imine (C=N–C) groups is 1. The minimum Gasteiger partial charge on any atom is -0.303 e. The number of rotatable bonds is 7. The Morgan fingerprint density at radius 3 is 2.60 bits per heavy atom. The van der Waals surface area contributed by atoms with Crippen molar-refractivity contribution in [1.29, 1.82) is 0 Å². The van der Waals surface area contributed by atoms with Gasteiger partial charge in [-0.3, -0.25) is 14.2 Å². The minimum atomic E-state index is -0.332. The van der Waals surface area contributed by atoms with Crippen LogP contribution >= 0.6 is 11.6 Å². The smallest absolute Gasteiger partial charge is 0.165 e. The number of halogens is 1. The van der Waals surface area contributed by atoms with Crippen LogP contribution in [0.25, 0.3) is 16.8 Å². The Bertz CT molecular complexity index is 1440. The van der Waals surface area contributed by atoms with Crippen LogP contribution < -0.4 is 0 Å². The van der Waals surface area contributed by atoms with E-state index >= 15 is 0 Å². The molecule has 2 aliphatic rings. The maximum atomic E-state index is 10.6. The third-order valence-corrected chi connectivity index (χ3v) is 7.08. The Kier molecular flexibility index (Phi) is 5.37. The summed E-state index contributed by atoms with van der Waals surface area (Å²) < 4.78 is 4.11. The number of hydrogen-bond donors (Lipinski definition) is 0. The lowest BCUT2D eigenvalue weighted by atomic mass is 9.96. The van der Waals surface area contributed by atoms with Crippen molar-refractivity contribution < 1.29 is 4.79 Å². The number of benzene rings is 2. The summed E-state index contributed by atoms with van der Waals surface area (Å²) in [5.41, 5.74) is 5.83. The monoisotopic (exact) mass is 484 g/mol. The van der Waals surface area contributed by atoms with Gasteiger partial charge in [0.15, 0.2) is 5.82 Å². The van der Waals surface area contributed by atoms with Gasteiger partial charge in [0.25, 0.3) is 0 Å². The first-order valence-electron chi connectivity index (χ1n) is 12.0. The predicted octanol–water partition coefficient (Wildman–Crippen LogP) is 5.30. The van der Waals surface area contributed by atoms with Gasteiger partial charge in [0.1, 0.15) is 17.6 Å². The number of aldehydes is 1. The molecule has 8 heteroatoms. The van der Waals surface area contributed by atoms with E-state index in [1.54, 1.807) is 0 Å². The maximum absolute atomic E-state index is 10.6. The second kappa shape index (κ2) is 8.57. The molecule has 4 aromatic rings. The molecule has 1 aliphatic carbocycles. The van der Waals surface area contributed by atoms with E-state index in [2.05, 4.69) is 44.3 Å². The summed E-state index contributed by atoms with van der Waals surface area (Å²) in [6.45, 7) is 2.79. The lowest BCUT2D eigenvalue weighted by Crippen LogP contribution is -2.11. The maximum Gasteiger partial charge on any atom is 0.165 e. The zero-order chi connectivity index (χ0) is 24.0. The van der Waals surface area contributed by atoms with Gasteiger partial charge >= 0.3 is 0 Å². The molecule has 0 atom stereocenters. The molecule has 1 fully saturated rings. The molecule has 2 aromatic heterocycles. The van der Waals surface area contributed by atoms with Crippen molar-refractivity contribution in [3.63, 3.8) is 0 Å². The minimum absolute atomic E-state index is 0.332. The molecule has 6 rings (SSSR count). The molecule has 0 bridgehead atoms. The van der Waals surface area contributed by atoms with E-state index in [1.165, 1.54) is 0 Å². The van der Waals surface area contributed by atoms with Gasteiger partial charge in [-0.1, -0.05) is 29.8 Å². The summed E-state index contributed by atoms with van der Waals surface area (Å²) in [6.07, 6.45) is 9.25. The van der Waals surface area contributed by atoms with E-state index in [1.807, 2.05) is 42.1 Å². The zero-order valence-corrected chi connectivity index (χ0v) is 20.2. The van der Waals surface area contributed by atoms with Crippen LogP contribution in [0, 0.1) is 6.92 Å². The normalized spacial score (nSPS) is 15.3. The van der Waals surface area contributed by atoms with Crippen LogP contribution in [0.1, 0.15) is 54.9 Å². The number of nitrogens with zero attached hydrogens (tertiary/aromatic N) is 6. The Hall–Kier alpha value is -3.58. The number of carbonyl (C=O) groups excluding carboxylic acids is 1. The van der Waals surface area contributed by atoms with Gasteiger partial charge in [-0.2, -0.15) is 5.10 Å². The molecule has 1 spiro atoms. The number of carbonyl (C=O) groups is 1. The van der Waals surface area contributed by atoms with Gasteiger partial charge in [0.2, 0.25) is 0 Å². The summed E-state index contributed by atoms with van der Waals surface area (Å²) in [7, 11) is 0. The van der Waals surface area contributed by atoms with Gasteiger partial charge in [-0.15, -0.1) is 10.2 Å². The molecule has 3 heterocycles. The Morgan fingerprint density at radius 1 is 1.03 bits per heavy atom. The van der Waals surface area contributed by atoms with Gasteiger partial charge in [-0.05, 0) is 62.4 Å². The summed E-state index contributed by atoms with van der Waals surface area (Å²) in [4.78, 5) is 15.9. The second-order valence-corrected chi connectivity index (χ2v) is 9.73. The number of unbranched alkanes of at least 4 members (excludes halogenated alkanes) is 2. The van der Waals surface area contributed by atoms with E-state index in [9.17, 15) is 4.79 Å². The molecule has 176 valence electrons. The van der Waals surface area contributed by atoms with E-state index < -0.39 is 0 Å². The number of hydrogen-bond acceptors (Lipinski definition) is 5. The van der Waals surface area contributed by atoms with Gasteiger partial charge in [-0.25, -0.2) is 0 Å². The lowest BCUT2D eigenvalue weighted by Gasteiger charge is -2.14. The molecule has 0 N–H and O–H groups in total. The first-order valence-corrected chi connectivity index (χ1v) is 12.4. The van der Waals surface area contributed by atoms with Crippen molar-refractivity contribution in [3.8, 4) is 16.8 Å². The van der Waals surface area contributed by atoms with Crippen molar-refractivity contribution in [3.05, 3.63) is 82.7 Å². The SMILES string of the molecule is Cc1nnc2n1-c1ccc(-c3cnn(CCCCC=O)c3)cc1C(c1ccc(Cl)cc1)=NC21CC1. The largest absolute Gasteiger partial charge is 0.303 e. The Labute approximate surface area is 208 Å². The third-order valence-electron chi connectivity index (χ3n) is 6.83. The van der Waals surface area contributed by atoms with Crippen LogP contribution in [0.15, 0.2) is 59.9 Å². The van der Waals surface area contributed by atoms with Crippen LogP contribution in [0.4, 0.5) is 0 Å². The molecule has 0 saturated heterocycles. The van der Waals surface area contributed by atoms with Crippen LogP contribution in [-0.2, 0) is 16.9 Å². The predicted molar refractivity (Wildman–Crippen MR) is 135 cm³/mol. The standard InChI is InChI=1S/C27H25ClN6O/c1-18-31-32-26-27(11-12-27)30-25(19-5-8-22(28)9-6-19)23-15-20(7-10-24(23)34(18)26)21-16-29-33(17-21)13-3-2-4-14-35/h5-10,14-17H,2-4,11-13H2,1H3. The van der Waals surface area contributed by atoms with Gasteiger partial charge in [0, 0.05) is 40.9 Å². The average Bonchev–Trinajstić information content (AvgIpc) is 3.34. The van der Waals surface area contributed by atoms with E-state index in [0.717, 1.165) is 83.8 Å². The highest BCUT2D eigenvalue weighted by atomic mass is 35.5. The van der Waals surface area contributed by atoms with E-state index in [4.69, 9.17) is 16.6 Å². The quantitative estimate of drug-likeness (QED) is 0.263.